The van der Waals surface area contributed by atoms with Gasteiger partial charge in [0, 0.05) is 6.61 Å². The molecule has 0 saturated heterocycles. The van der Waals surface area contributed by atoms with E-state index in [0.29, 0.717) is 5.41 Å². The van der Waals surface area contributed by atoms with Crippen molar-refractivity contribution in [3.05, 3.63) is 0 Å². The Morgan fingerprint density at radius 1 is 0.808 bits per heavy atom. The van der Waals surface area contributed by atoms with Crippen LogP contribution < -0.4 is 0 Å². The molecule has 0 fully saturated rings. The molecule has 0 aromatic rings. The lowest BCUT2D eigenvalue weighted by atomic mass is 9.82. The molecule has 0 rings (SSSR count). The highest BCUT2D eigenvalue weighted by Gasteiger charge is 2.37. The van der Waals surface area contributed by atoms with E-state index in [1.165, 1.54) is 76.5 Å². The summed E-state index contributed by atoms with van der Waals surface area (Å²) >= 11 is 0. The van der Waals surface area contributed by atoms with Crippen molar-refractivity contribution in [1.82, 2.24) is 9.80 Å². The van der Waals surface area contributed by atoms with Gasteiger partial charge in [0.05, 0.1) is 0 Å². The van der Waals surface area contributed by atoms with Crippen molar-refractivity contribution in [2.75, 3.05) is 47.9 Å². The van der Waals surface area contributed by atoms with Gasteiger partial charge in [-0.25, -0.2) is 0 Å². The second-order valence-electron chi connectivity index (χ2n) is 9.49. The summed E-state index contributed by atoms with van der Waals surface area (Å²) in [5, 5.41) is 0. The molecule has 0 radical (unpaired) electrons. The Kier molecular flexibility index (Phi) is 14.2. The Bertz CT molecular complexity index is 322. The highest BCUT2D eigenvalue weighted by molar-refractivity contribution is 6.72. The minimum atomic E-state index is -1.62. The maximum atomic E-state index is 6.48. The first-order chi connectivity index (χ1) is 12.2. The van der Waals surface area contributed by atoms with Crippen LogP contribution in [0.2, 0.25) is 18.6 Å². The molecular formula is C22H50N2OSi. The summed E-state index contributed by atoms with van der Waals surface area (Å²) in [7, 11) is 7.15. The van der Waals surface area contributed by atoms with Crippen molar-refractivity contribution in [2.45, 2.75) is 90.8 Å². The number of rotatable bonds is 17. The van der Waals surface area contributed by atoms with E-state index in [1.807, 2.05) is 0 Å². The van der Waals surface area contributed by atoms with Crippen LogP contribution in [0.5, 0.6) is 0 Å². The van der Waals surface area contributed by atoms with Crippen LogP contribution in [0.4, 0.5) is 0 Å². The van der Waals surface area contributed by atoms with Crippen molar-refractivity contribution in [3.8, 4) is 0 Å². The summed E-state index contributed by atoms with van der Waals surface area (Å²) in [6, 6.07) is 2.68. The van der Waals surface area contributed by atoms with Crippen LogP contribution in [0.1, 0.15) is 72.1 Å². The summed E-state index contributed by atoms with van der Waals surface area (Å²) < 4.78 is 6.48. The molecule has 1 unspecified atom stereocenters. The lowest BCUT2D eigenvalue weighted by molar-refractivity contribution is 0.232. The van der Waals surface area contributed by atoms with Gasteiger partial charge in [0.15, 0.2) is 8.32 Å². The van der Waals surface area contributed by atoms with Gasteiger partial charge in [-0.1, -0.05) is 39.5 Å². The number of unbranched alkanes of at least 4 members (excludes halogenated alkanes) is 3. The van der Waals surface area contributed by atoms with E-state index < -0.39 is 8.32 Å². The molecule has 26 heavy (non-hydrogen) atoms. The largest absolute Gasteiger partial charge is 0.417 e. The second kappa shape index (κ2) is 14.1. The first kappa shape index (κ1) is 26.1. The van der Waals surface area contributed by atoms with Gasteiger partial charge in [-0.2, -0.15) is 0 Å². The third-order valence-corrected chi connectivity index (χ3v) is 9.62. The van der Waals surface area contributed by atoms with E-state index in [4.69, 9.17) is 4.43 Å². The van der Waals surface area contributed by atoms with Gasteiger partial charge in [-0.05, 0) is 97.9 Å². The molecule has 3 nitrogen and oxygen atoms in total. The molecule has 0 aromatic heterocycles. The fourth-order valence-electron chi connectivity index (χ4n) is 4.33. The summed E-state index contributed by atoms with van der Waals surface area (Å²) in [5.74, 6) is 0. The zero-order valence-corrected chi connectivity index (χ0v) is 20.5. The molecule has 0 aromatic carbocycles. The lowest BCUT2D eigenvalue weighted by Gasteiger charge is -2.39. The lowest BCUT2D eigenvalue weighted by Crippen LogP contribution is -2.40. The first-order valence-corrected chi connectivity index (χ1v) is 13.9. The molecule has 0 bridgehead atoms. The third-order valence-electron chi connectivity index (χ3n) is 5.62. The van der Waals surface area contributed by atoms with E-state index >= 15 is 0 Å². The summed E-state index contributed by atoms with van der Waals surface area (Å²) in [4.78, 5) is 4.65. The van der Waals surface area contributed by atoms with Crippen LogP contribution in [-0.4, -0.2) is 66.0 Å². The zero-order valence-electron chi connectivity index (χ0n) is 19.5. The van der Waals surface area contributed by atoms with Gasteiger partial charge in [0.2, 0.25) is 0 Å². The van der Waals surface area contributed by atoms with Gasteiger partial charge < -0.3 is 14.2 Å². The van der Waals surface area contributed by atoms with Gasteiger partial charge in [-0.3, -0.25) is 0 Å². The fraction of sp³-hybridized carbons (Fsp3) is 1.00. The quantitative estimate of drug-likeness (QED) is 0.230. The Labute approximate surface area is 167 Å². The maximum Gasteiger partial charge on any atom is 0.190 e. The Balaban J connectivity index is 4.90. The molecule has 0 heterocycles. The molecule has 0 spiro atoms. The van der Waals surface area contributed by atoms with Crippen LogP contribution in [-0.2, 0) is 4.43 Å². The smallest absolute Gasteiger partial charge is 0.190 e. The van der Waals surface area contributed by atoms with Gasteiger partial charge in [-0.15, -0.1) is 0 Å². The number of hydrogen-bond donors (Lipinski definition) is 0. The average molecular weight is 387 g/mol. The summed E-state index contributed by atoms with van der Waals surface area (Å²) in [6.45, 7) is 12.8. The van der Waals surface area contributed by atoms with E-state index in [9.17, 15) is 0 Å². The third kappa shape index (κ3) is 13.3. The van der Waals surface area contributed by atoms with Crippen molar-refractivity contribution >= 4 is 8.32 Å². The van der Waals surface area contributed by atoms with E-state index in [2.05, 4.69) is 65.3 Å². The zero-order chi connectivity index (χ0) is 20.1. The molecule has 0 aliphatic rings. The molecule has 1 atom stereocenters. The first-order valence-electron chi connectivity index (χ1n) is 11.1. The maximum absolute atomic E-state index is 6.48. The predicted molar refractivity (Wildman–Crippen MR) is 121 cm³/mol. The van der Waals surface area contributed by atoms with Crippen LogP contribution in [0, 0.1) is 5.41 Å². The van der Waals surface area contributed by atoms with Crippen LogP contribution in [0.3, 0.4) is 0 Å². The van der Waals surface area contributed by atoms with Gasteiger partial charge in [0.1, 0.15) is 0 Å². The van der Waals surface area contributed by atoms with Gasteiger partial charge in [0.25, 0.3) is 0 Å². The van der Waals surface area contributed by atoms with Crippen molar-refractivity contribution in [3.63, 3.8) is 0 Å². The van der Waals surface area contributed by atoms with Crippen LogP contribution in [0.25, 0.3) is 0 Å². The second-order valence-corrected chi connectivity index (χ2v) is 13.5. The summed E-state index contributed by atoms with van der Waals surface area (Å²) in [5.41, 5.74) is 0.437. The average Bonchev–Trinajstić information content (AvgIpc) is 2.51. The monoisotopic (exact) mass is 386 g/mol. The Morgan fingerprint density at radius 2 is 1.35 bits per heavy atom. The molecule has 4 heteroatoms. The highest BCUT2D eigenvalue weighted by atomic mass is 28.4. The molecular weight excluding hydrogens is 336 g/mol. The molecule has 0 N–H and O–H groups in total. The van der Waals surface area contributed by atoms with Crippen molar-refractivity contribution in [1.29, 1.82) is 0 Å². The number of hydrogen-bond acceptors (Lipinski definition) is 3. The standard InChI is InChI=1S/C22H50N2OSi/c1-9-11-12-13-20-26(8,25-10-2)21-22(3,16-14-18-23(4)5)17-15-19-24(6)7/h9-21H2,1-8H3. The SMILES string of the molecule is CCCCCC[Si](C)(CC(C)(CCCN(C)C)CCCN(C)C)OCC. The van der Waals surface area contributed by atoms with E-state index in [-0.39, 0.29) is 0 Å². The van der Waals surface area contributed by atoms with Crippen molar-refractivity contribution in [2.24, 2.45) is 5.41 Å². The molecule has 0 aliphatic carbocycles. The minimum absolute atomic E-state index is 0.437. The Morgan fingerprint density at radius 3 is 1.77 bits per heavy atom. The van der Waals surface area contributed by atoms with Gasteiger partial charge >= 0.3 is 0 Å². The summed E-state index contributed by atoms with van der Waals surface area (Å²) in [6.07, 6.45) is 10.7. The number of nitrogens with zero attached hydrogens (tertiary/aromatic N) is 2. The topological polar surface area (TPSA) is 15.7 Å². The molecule has 0 aliphatic heterocycles. The molecule has 0 amide bonds. The van der Waals surface area contributed by atoms with Crippen LogP contribution >= 0.6 is 0 Å². The van der Waals surface area contributed by atoms with Crippen LogP contribution in [0.15, 0.2) is 0 Å². The predicted octanol–water partition coefficient (Wildman–Crippen LogP) is 5.87. The van der Waals surface area contributed by atoms with E-state index in [1.54, 1.807) is 0 Å². The van der Waals surface area contributed by atoms with E-state index in [0.717, 1.165) is 6.61 Å². The molecule has 0 saturated carbocycles. The van der Waals surface area contributed by atoms with Crippen molar-refractivity contribution < 1.29 is 4.43 Å². The Hall–Kier alpha value is 0.0969. The minimum Gasteiger partial charge on any atom is -0.417 e. The molecule has 158 valence electrons. The fourth-order valence-corrected chi connectivity index (χ4v) is 8.61. The highest BCUT2D eigenvalue weighted by Crippen LogP contribution is 2.40. The normalized spacial score (nSPS) is 15.0.